The first-order chi connectivity index (χ1) is 15.0. The van der Waals surface area contributed by atoms with Crippen LogP contribution in [0.25, 0.3) is 11.1 Å². The summed E-state index contributed by atoms with van der Waals surface area (Å²) in [6.07, 6.45) is 14.7. The van der Waals surface area contributed by atoms with Gasteiger partial charge in [0.1, 0.15) is 0 Å². The topological polar surface area (TPSA) is 0 Å². The van der Waals surface area contributed by atoms with Gasteiger partial charge in [-0.15, -0.1) is 11.3 Å². The lowest BCUT2D eigenvalue weighted by Crippen LogP contribution is -2.28. The first-order valence-electron chi connectivity index (χ1n) is 12.6. The molecule has 2 fully saturated rings. The van der Waals surface area contributed by atoms with Crippen LogP contribution >= 0.6 is 19.3 Å². The highest BCUT2D eigenvalue weighted by atomic mass is 32.1. The second-order valence-corrected chi connectivity index (χ2v) is 14.1. The molecule has 0 radical (unpaired) electrons. The molecule has 2 aliphatic rings. The third kappa shape index (κ3) is 4.89. The molecule has 0 N–H and O–H groups in total. The van der Waals surface area contributed by atoms with Crippen molar-refractivity contribution in [3.63, 3.8) is 0 Å². The third-order valence-electron chi connectivity index (χ3n) is 7.91. The van der Waals surface area contributed by atoms with Crippen LogP contribution in [-0.4, -0.2) is 11.3 Å². The fraction of sp³-hybridized carbons (Fsp3) is 0.586. The van der Waals surface area contributed by atoms with Crippen molar-refractivity contribution in [3.05, 3.63) is 50.7 Å². The Labute approximate surface area is 196 Å². The van der Waals surface area contributed by atoms with Gasteiger partial charge in [-0.05, 0) is 105 Å². The fourth-order valence-corrected chi connectivity index (χ4v) is 11.9. The summed E-state index contributed by atoms with van der Waals surface area (Å²) in [5.74, 6) is 0. The Bertz CT molecular complexity index is 904. The second kappa shape index (κ2) is 10.4. The number of aryl methyl sites for hydroxylation is 3. The van der Waals surface area contributed by atoms with Gasteiger partial charge in [0.05, 0.1) is 0 Å². The molecule has 2 aliphatic carbocycles. The van der Waals surface area contributed by atoms with Crippen molar-refractivity contribution in [3.8, 4) is 0 Å². The molecule has 0 spiro atoms. The van der Waals surface area contributed by atoms with Crippen LogP contribution in [0.4, 0.5) is 0 Å². The molecule has 0 unspecified atom stereocenters. The van der Waals surface area contributed by atoms with Crippen LogP contribution in [0.1, 0.15) is 105 Å². The summed E-state index contributed by atoms with van der Waals surface area (Å²) < 4.78 is 0. The number of hydrogen-bond donors (Lipinski definition) is 0. The van der Waals surface area contributed by atoms with E-state index in [0.717, 1.165) is 11.3 Å². The van der Waals surface area contributed by atoms with Crippen LogP contribution in [0.5, 0.6) is 0 Å². The quantitative estimate of drug-likeness (QED) is 0.396. The largest absolute Gasteiger partial charge is 0.145 e. The Hall–Kier alpha value is -0.910. The van der Waals surface area contributed by atoms with Gasteiger partial charge in [-0.1, -0.05) is 70.7 Å². The van der Waals surface area contributed by atoms with Gasteiger partial charge in [0.25, 0.3) is 0 Å². The monoisotopic (exact) mass is 452 g/mol. The zero-order valence-corrected chi connectivity index (χ0v) is 22.1. The predicted molar refractivity (Wildman–Crippen MR) is 143 cm³/mol. The smallest absolute Gasteiger partial charge is 0.0100 e. The molecule has 0 bridgehead atoms. The highest BCUT2D eigenvalue weighted by Crippen LogP contribution is 2.57. The second-order valence-electron chi connectivity index (χ2n) is 9.99. The third-order valence-corrected chi connectivity index (χ3v) is 12.8. The standard InChI is InChI=1S/C29H41PS/c1-20-14-12-13-19-27(20)21(2)22(3)28-23(4)31-24(5)29(28)30(25-15-8-6-9-16-25)26-17-10-7-11-18-26/h12-14,19,25-26H,6-11,15-18H2,1-5H3. The molecule has 2 heteroatoms. The molecule has 2 saturated carbocycles. The summed E-state index contributed by atoms with van der Waals surface area (Å²) in [5.41, 5.74) is 9.40. The van der Waals surface area contributed by atoms with Crippen LogP contribution in [0.3, 0.4) is 0 Å². The summed E-state index contributed by atoms with van der Waals surface area (Å²) >= 11 is 2.08. The van der Waals surface area contributed by atoms with Crippen molar-refractivity contribution in [2.75, 3.05) is 0 Å². The van der Waals surface area contributed by atoms with Gasteiger partial charge in [0.2, 0.25) is 0 Å². The molecule has 1 heterocycles. The maximum atomic E-state index is 2.44. The van der Waals surface area contributed by atoms with Crippen molar-refractivity contribution in [2.24, 2.45) is 0 Å². The molecular formula is C29H41PS. The summed E-state index contributed by atoms with van der Waals surface area (Å²) in [6.45, 7) is 11.9. The first kappa shape index (κ1) is 23.3. The van der Waals surface area contributed by atoms with Crippen molar-refractivity contribution in [1.82, 2.24) is 0 Å². The van der Waals surface area contributed by atoms with Crippen LogP contribution in [0.2, 0.25) is 0 Å². The van der Waals surface area contributed by atoms with Crippen LogP contribution in [0, 0.1) is 20.8 Å². The van der Waals surface area contributed by atoms with Crippen LogP contribution in [-0.2, 0) is 0 Å². The summed E-state index contributed by atoms with van der Waals surface area (Å²) in [4.78, 5) is 3.18. The minimum Gasteiger partial charge on any atom is -0.145 e. The van der Waals surface area contributed by atoms with E-state index in [0.29, 0.717) is 0 Å². The molecule has 31 heavy (non-hydrogen) atoms. The van der Waals surface area contributed by atoms with Crippen molar-refractivity contribution < 1.29 is 0 Å². The highest BCUT2D eigenvalue weighted by Gasteiger charge is 2.36. The minimum absolute atomic E-state index is 0.0704. The van der Waals surface area contributed by atoms with Crippen LogP contribution < -0.4 is 5.30 Å². The molecular weight excluding hydrogens is 411 g/mol. The first-order valence-corrected chi connectivity index (χ1v) is 14.9. The normalized spacial score (nSPS) is 19.7. The van der Waals surface area contributed by atoms with Crippen molar-refractivity contribution >= 4 is 35.7 Å². The van der Waals surface area contributed by atoms with Gasteiger partial charge < -0.3 is 0 Å². The van der Waals surface area contributed by atoms with E-state index in [1.165, 1.54) is 86.5 Å². The Balaban J connectivity index is 1.83. The van der Waals surface area contributed by atoms with Gasteiger partial charge in [-0.3, -0.25) is 0 Å². The van der Waals surface area contributed by atoms with Gasteiger partial charge >= 0.3 is 0 Å². The van der Waals surface area contributed by atoms with E-state index in [2.05, 4.69) is 70.2 Å². The van der Waals surface area contributed by atoms with Gasteiger partial charge in [0, 0.05) is 9.75 Å². The maximum absolute atomic E-state index is 2.44. The number of rotatable bonds is 5. The Morgan fingerprint density at radius 2 is 1.29 bits per heavy atom. The fourth-order valence-electron chi connectivity index (χ4n) is 6.19. The van der Waals surface area contributed by atoms with E-state index in [1.807, 2.05) is 5.30 Å². The van der Waals surface area contributed by atoms with E-state index in [1.54, 1.807) is 15.3 Å². The summed E-state index contributed by atoms with van der Waals surface area (Å²) in [5, 5.41) is 1.82. The van der Waals surface area contributed by atoms with Crippen molar-refractivity contribution in [2.45, 2.75) is 110 Å². The molecule has 1 aromatic heterocycles. The Morgan fingerprint density at radius 1 is 0.742 bits per heavy atom. The minimum atomic E-state index is -0.0704. The summed E-state index contributed by atoms with van der Waals surface area (Å²) in [6, 6.07) is 8.93. The van der Waals surface area contributed by atoms with E-state index in [-0.39, 0.29) is 7.92 Å². The lowest BCUT2D eigenvalue weighted by Gasteiger charge is -2.39. The highest BCUT2D eigenvalue weighted by molar-refractivity contribution is 7.67. The lowest BCUT2D eigenvalue weighted by atomic mass is 9.94. The molecule has 2 aromatic rings. The number of allylic oxidation sites excluding steroid dienone is 2. The van der Waals surface area contributed by atoms with Gasteiger partial charge in [0.15, 0.2) is 0 Å². The molecule has 168 valence electrons. The molecule has 0 amide bonds. The van der Waals surface area contributed by atoms with E-state index in [4.69, 9.17) is 0 Å². The number of thiophene rings is 1. The molecule has 0 nitrogen and oxygen atoms in total. The Morgan fingerprint density at radius 3 is 1.84 bits per heavy atom. The molecule has 4 rings (SSSR count). The van der Waals surface area contributed by atoms with Gasteiger partial charge in [-0.25, -0.2) is 0 Å². The van der Waals surface area contributed by atoms with E-state index in [9.17, 15) is 0 Å². The van der Waals surface area contributed by atoms with Crippen LogP contribution in [0.15, 0.2) is 24.3 Å². The zero-order valence-electron chi connectivity index (χ0n) is 20.4. The molecule has 0 atom stereocenters. The number of benzene rings is 1. The Kier molecular flexibility index (Phi) is 7.77. The lowest BCUT2D eigenvalue weighted by molar-refractivity contribution is 0.487. The molecule has 1 aromatic carbocycles. The average molecular weight is 453 g/mol. The van der Waals surface area contributed by atoms with Crippen molar-refractivity contribution in [1.29, 1.82) is 0 Å². The maximum Gasteiger partial charge on any atom is 0.0100 e. The van der Waals surface area contributed by atoms with Gasteiger partial charge in [-0.2, -0.15) is 0 Å². The SMILES string of the molecule is CC(=C(C)c1c(C)sc(C)c1P(C1CCCCC1)C1CCCCC1)c1ccccc1C. The zero-order chi connectivity index (χ0) is 22.0. The molecule has 0 saturated heterocycles. The van der Waals surface area contributed by atoms with E-state index < -0.39 is 0 Å². The van der Waals surface area contributed by atoms with E-state index >= 15 is 0 Å². The number of hydrogen-bond acceptors (Lipinski definition) is 1. The summed E-state index contributed by atoms with van der Waals surface area (Å²) in [7, 11) is -0.0704. The predicted octanol–water partition coefficient (Wildman–Crippen LogP) is 9.40. The average Bonchev–Trinajstić information content (AvgIpc) is 3.08. The molecule has 0 aliphatic heterocycles.